The van der Waals surface area contributed by atoms with Crippen molar-refractivity contribution in [1.82, 2.24) is 14.6 Å². The third-order valence-electron chi connectivity index (χ3n) is 2.78. The Morgan fingerprint density at radius 1 is 1.35 bits per heavy atom. The van der Waals surface area contributed by atoms with Gasteiger partial charge >= 0.3 is 0 Å². The van der Waals surface area contributed by atoms with Crippen LogP contribution in [0.25, 0.3) is 16.6 Å². The van der Waals surface area contributed by atoms with Gasteiger partial charge in [-0.2, -0.15) is 5.10 Å². The summed E-state index contributed by atoms with van der Waals surface area (Å²) in [5, 5.41) is 7.48. The van der Waals surface area contributed by atoms with E-state index in [2.05, 4.69) is 50.4 Å². The Balaban J connectivity index is 2.55. The van der Waals surface area contributed by atoms with Gasteiger partial charge < -0.3 is 5.32 Å². The minimum atomic E-state index is 0.826. The number of hydrogen-bond acceptors (Lipinski definition) is 3. The van der Waals surface area contributed by atoms with Crippen molar-refractivity contribution in [2.45, 2.75) is 6.92 Å². The van der Waals surface area contributed by atoms with Gasteiger partial charge in [-0.1, -0.05) is 6.07 Å². The van der Waals surface area contributed by atoms with E-state index < -0.39 is 0 Å². The molecule has 86 valence electrons. The molecule has 0 saturated carbocycles. The molecular formula is C12H11BrN4. The van der Waals surface area contributed by atoms with E-state index in [0.717, 1.165) is 26.8 Å². The molecule has 0 radical (unpaired) electrons. The van der Waals surface area contributed by atoms with Crippen molar-refractivity contribution in [3.8, 4) is 0 Å². The van der Waals surface area contributed by atoms with Gasteiger partial charge in [0.25, 0.3) is 0 Å². The number of rotatable bonds is 1. The lowest BCUT2D eigenvalue weighted by molar-refractivity contribution is 0.995. The van der Waals surface area contributed by atoms with E-state index in [-0.39, 0.29) is 0 Å². The summed E-state index contributed by atoms with van der Waals surface area (Å²) >= 11 is 3.50. The van der Waals surface area contributed by atoms with Gasteiger partial charge in [0.05, 0.1) is 21.7 Å². The number of benzene rings is 1. The molecule has 0 amide bonds. The molecule has 2 heterocycles. The second-order valence-corrected chi connectivity index (χ2v) is 4.81. The van der Waals surface area contributed by atoms with E-state index in [1.54, 1.807) is 6.20 Å². The molecule has 3 rings (SSSR count). The van der Waals surface area contributed by atoms with Crippen LogP contribution in [-0.2, 0) is 0 Å². The summed E-state index contributed by atoms with van der Waals surface area (Å²) < 4.78 is 2.84. The minimum absolute atomic E-state index is 0.826. The molecule has 0 fully saturated rings. The van der Waals surface area contributed by atoms with E-state index in [1.807, 2.05) is 17.6 Å². The van der Waals surface area contributed by atoms with E-state index in [0.29, 0.717) is 0 Å². The fraction of sp³-hybridized carbons (Fsp3) is 0.167. The minimum Gasteiger partial charge on any atom is -0.371 e. The number of nitrogens with one attached hydrogen (secondary N) is 1. The van der Waals surface area contributed by atoms with Crippen LogP contribution in [0.4, 0.5) is 5.82 Å². The maximum Gasteiger partial charge on any atom is 0.153 e. The quantitative estimate of drug-likeness (QED) is 0.749. The molecule has 0 aliphatic heterocycles. The van der Waals surface area contributed by atoms with Crippen LogP contribution in [0.2, 0.25) is 0 Å². The molecule has 3 aromatic rings. The van der Waals surface area contributed by atoms with Crippen molar-refractivity contribution in [3.63, 3.8) is 0 Å². The van der Waals surface area contributed by atoms with Gasteiger partial charge in [-0.25, -0.2) is 9.50 Å². The first-order valence-electron chi connectivity index (χ1n) is 5.32. The summed E-state index contributed by atoms with van der Waals surface area (Å²) in [5.41, 5.74) is 4.11. The largest absolute Gasteiger partial charge is 0.371 e. The van der Waals surface area contributed by atoms with Crippen LogP contribution >= 0.6 is 15.9 Å². The fourth-order valence-corrected chi connectivity index (χ4v) is 2.42. The molecule has 17 heavy (non-hydrogen) atoms. The maximum atomic E-state index is 4.61. The number of fused-ring (bicyclic) bond motifs is 3. The molecule has 0 atom stereocenters. The average Bonchev–Trinajstić information content (AvgIpc) is 2.70. The first-order chi connectivity index (χ1) is 8.20. The molecule has 0 saturated heterocycles. The zero-order valence-electron chi connectivity index (χ0n) is 9.53. The van der Waals surface area contributed by atoms with Crippen molar-refractivity contribution in [2.24, 2.45) is 0 Å². The molecule has 0 spiro atoms. The van der Waals surface area contributed by atoms with Gasteiger partial charge in [0.15, 0.2) is 5.82 Å². The highest BCUT2D eigenvalue weighted by atomic mass is 79.9. The number of nitrogens with zero attached hydrogens (tertiary/aromatic N) is 3. The lowest BCUT2D eigenvalue weighted by Gasteiger charge is -2.07. The third-order valence-corrected chi connectivity index (χ3v) is 3.36. The topological polar surface area (TPSA) is 42.2 Å². The summed E-state index contributed by atoms with van der Waals surface area (Å²) in [4.78, 5) is 4.61. The van der Waals surface area contributed by atoms with Gasteiger partial charge in [-0.15, -0.1) is 0 Å². The number of anilines is 1. The Kier molecular flexibility index (Phi) is 2.29. The molecule has 0 bridgehead atoms. The molecular weight excluding hydrogens is 280 g/mol. The standard InChI is InChI=1S/C12H11BrN4/c1-7-3-4-10-9(5-7)16-12(14-2)11-8(13)6-15-17(10)11/h3-6H,1-2H3,(H,14,16). The Hall–Kier alpha value is -1.62. The van der Waals surface area contributed by atoms with Gasteiger partial charge in [0.1, 0.15) is 5.52 Å². The van der Waals surface area contributed by atoms with E-state index in [9.17, 15) is 0 Å². The molecule has 2 aromatic heterocycles. The first kappa shape index (κ1) is 10.5. The van der Waals surface area contributed by atoms with Crippen LogP contribution in [0.5, 0.6) is 0 Å². The van der Waals surface area contributed by atoms with Crippen LogP contribution < -0.4 is 5.32 Å². The zero-order chi connectivity index (χ0) is 12.0. The lowest BCUT2D eigenvalue weighted by Crippen LogP contribution is -2.00. The number of aromatic nitrogens is 3. The summed E-state index contributed by atoms with van der Waals surface area (Å²) in [7, 11) is 1.86. The summed E-state index contributed by atoms with van der Waals surface area (Å²) in [6.45, 7) is 2.06. The predicted octanol–water partition coefficient (Wildman–Crippen LogP) is 3.00. The summed E-state index contributed by atoms with van der Waals surface area (Å²) in [5.74, 6) is 0.826. The van der Waals surface area contributed by atoms with Gasteiger partial charge in [-0.3, -0.25) is 0 Å². The van der Waals surface area contributed by atoms with Crippen molar-refractivity contribution in [1.29, 1.82) is 0 Å². The average molecular weight is 291 g/mol. The first-order valence-corrected chi connectivity index (χ1v) is 6.11. The van der Waals surface area contributed by atoms with Crippen LogP contribution in [0, 0.1) is 6.92 Å². The Morgan fingerprint density at radius 3 is 2.94 bits per heavy atom. The molecule has 1 aromatic carbocycles. The summed E-state index contributed by atoms with van der Waals surface area (Å²) in [6.07, 6.45) is 1.79. The third kappa shape index (κ3) is 1.50. The van der Waals surface area contributed by atoms with E-state index in [4.69, 9.17) is 0 Å². The maximum absolute atomic E-state index is 4.61. The van der Waals surface area contributed by atoms with Crippen molar-refractivity contribution in [3.05, 3.63) is 34.4 Å². The highest BCUT2D eigenvalue weighted by molar-refractivity contribution is 9.10. The van der Waals surface area contributed by atoms with Crippen molar-refractivity contribution in [2.75, 3.05) is 12.4 Å². The van der Waals surface area contributed by atoms with Gasteiger partial charge in [0, 0.05) is 7.05 Å². The van der Waals surface area contributed by atoms with E-state index in [1.165, 1.54) is 5.56 Å². The fourth-order valence-electron chi connectivity index (χ4n) is 1.97. The number of hydrogen-bond donors (Lipinski definition) is 1. The SMILES string of the molecule is CNc1nc2cc(C)ccc2n2ncc(Br)c12. The summed E-state index contributed by atoms with van der Waals surface area (Å²) in [6, 6.07) is 6.17. The zero-order valence-corrected chi connectivity index (χ0v) is 11.1. The van der Waals surface area contributed by atoms with Crippen LogP contribution in [-0.4, -0.2) is 21.6 Å². The highest BCUT2D eigenvalue weighted by Gasteiger charge is 2.11. The molecule has 1 N–H and O–H groups in total. The van der Waals surface area contributed by atoms with Crippen LogP contribution in [0.15, 0.2) is 28.9 Å². The normalized spacial score (nSPS) is 11.2. The van der Waals surface area contributed by atoms with Gasteiger partial charge in [0.2, 0.25) is 0 Å². The molecule has 0 aliphatic carbocycles. The Morgan fingerprint density at radius 2 is 2.18 bits per heavy atom. The van der Waals surface area contributed by atoms with E-state index >= 15 is 0 Å². The monoisotopic (exact) mass is 290 g/mol. The van der Waals surface area contributed by atoms with Crippen LogP contribution in [0.3, 0.4) is 0 Å². The second-order valence-electron chi connectivity index (χ2n) is 3.96. The van der Waals surface area contributed by atoms with Crippen molar-refractivity contribution >= 4 is 38.3 Å². The molecule has 5 heteroatoms. The van der Waals surface area contributed by atoms with Crippen molar-refractivity contribution < 1.29 is 0 Å². The lowest BCUT2D eigenvalue weighted by atomic mass is 10.2. The number of halogens is 1. The molecule has 0 aliphatic rings. The van der Waals surface area contributed by atoms with Gasteiger partial charge in [-0.05, 0) is 40.5 Å². The second kappa shape index (κ2) is 3.70. The Bertz CT molecular complexity index is 717. The molecule has 4 nitrogen and oxygen atoms in total. The molecule has 0 unspecified atom stereocenters. The predicted molar refractivity (Wildman–Crippen MR) is 72.5 cm³/mol. The van der Waals surface area contributed by atoms with Crippen LogP contribution in [0.1, 0.15) is 5.56 Å². The Labute approximate surface area is 107 Å². The number of aryl methyl sites for hydroxylation is 1. The highest BCUT2D eigenvalue weighted by Crippen LogP contribution is 2.27. The smallest absolute Gasteiger partial charge is 0.153 e.